The number of carbonyl (C=O) groups is 1. The molecule has 0 aromatic carbocycles. The van der Waals surface area contributed by atoms with E-state index in [9.17, 15) is 4.79 Å². The number of rotatable bonds is 3. The van der Waals surface area contributed by atoms with Crippen LogP contribution in [0.15, 0.2) is 5.51 Å². The van der Waals surface area contributed by atoms with E-state index in [4.69, 9.17) is 5.73 Å². The molecule has 1 aromatic heterocycles. The third-order valence-corrected chi connectivity index (χ3v) is 2.22. The zero-order chi connectivity index (χ0) is 9.84. The summed E-state index contributed by atoms with van der Waals surface area (Å²) in [4.78, 5) is 11.4. The van der Waals surface area contributed by atoms with Gasteiger partial charge >= 0.3 is 0 Å². The number of nitrogens with zero attached hydrogens (tertiary/aromatic N) is 2. The van der Waals surface area contributed by atoms with Gasteiger partial charge in [-0.1, -0.05) is 25.2 Å². The molecule has 0 spiro atoms. The molecule has 7 heteroatoms. The van der Waals surface area contributed by atoms with Gasteiger partial charge in [-0.05, 0) is 5.92 Å². The number of nitrogens with two attached hydrogens (primary N) is 1. The topological polar surface area (TPSA) is 80.9 Å². The summed E-state index contributed by atoms with van der Waals surface area (Å²) >= 11 is 1.27. The van der Waals surface area contributed by atoms with Gasteiger partial charge in [0, 0.05) is 0 Å². The molecule has 5 nitrogen and oxygen atoms in total. The first-order valence-electron chi connectivity index (χ1n) is 3.94. The molecular weight excluding hydrogens is 268 g/mol. The minimum atomic E-state index is -0.496. The Hall–Kier alpha value is -0.530. The molecule has 14 heavy (non-hydrogen) atoms. The van der Waals surface area contributed by atoms with Gasteiger partial charge in [-0.15, -0.1) is 27.2 Å². The zero-order valence-corrected chi connectivity index (χ0v) is 10.5. The van der Waals surface area contributed by atoms with E-state index in [1.807, 2.05) is 13.8 Å². The smallest absolute Gasteiger partial charge is 0.243 e. The first kappa shape index (κ1) is 13.5. The highest BCUT2D eigenvalue weighted by atomic mass is 79.9. The van der Waals surface area contributed by atoms with E-state index in [2.05, 4.69) is 15.5 Å². The number of anilines is 1. The molecule has 80 valence electrons. The second-order valence-corrected chi connectivity index (χ2v) is 3.84. The molecule has 0 aliphatic rings. The van der Waals surface area contributed by atoms with Crippen LogP contribution >= 0.6 is 28.3 Å². The minimum absolute atomic E-state index is 0. The Bertz CT molecular complexity index is 277. The van der Waals surface area contributed by atoms with Gasteiger partial charge in [-0.2, -0.15) is 0 Å². The molecule has 1 amide bonds. The molecule has 1 heterocycles. The lowest BCUT2D eigenvalue weighted by atomic mass is 10.1. The van der Waals surface area contributed by atoms with E-state index in [0.29, 0.717) is 5.13 Å². The highest BCUT2D eigenvalue weighted by Gasteiger charge is 2.17. The van der Waals surface area contributed by atoms with Crippen molar-refractivity contribution in [3.8, 4) is 0 Å². The number of hydrogen-bond acceptors (Lipinski definition) is 5. The predicted molar refractivity (Wildman–Crippen MR) is 61.7 cm³/mol. The number of hydrogen-bond donors (Lipinski definition) is 2. The Balaban J connectivity index is 0.00000169. The van der Waals surface area contributed by atoms with Gasteiger partial charge in [0.25, 0.3) is 0 Å². The number of carbonyl (C=O) groups excluding carboxylic acids is 1. The van der Waals surface area contributed by atoms with Crippen LogP contribution in [0.3, 0.4) is 0 Å². The first-order valence-corrected chi connectivity index (χ1v) is 4.82. The van der Waals surface area contributed by atoms with Crippen molar-refractivity contribution in [3.63, 3.8) is 0 Å². The fourth-order valence-electron chi connectivity index (χ4n) is 0.719. The van der Waals surface area contributed by atoms with Gasteiger partial charge in [0.05, 0.1) is 6.04 Å². The fraction of sp³-hybridized carbons (Fsp3) is 0.571. The van der Waals surface area contributed by atoms with Gasteiger partial charge in [0.15, 0.2) is 0 Å². The summed E-state index contributed by atoms with van der Waals surface area (Å²) in [6.45, 7) is 3.79. The Kier molecular flexibility index (Phi) is 5.82. The fourth-order valence-corrected chi connectivity index (χ4v) is 1.17. The van der Waals surface area contributed by atoms with Crippen molar-refractivity contribution in [2.24, 2.45) is 11.7 Å². The van der Waals surface area contributed by atoms with E-state index >= 15 is 0 Å². The van der Waals surface area contributed by atoms with Crippen molar-refractivity contribution in [2.45, 2.75) is 19.9 Å². The van der Waals surface area contributed by atoms with E-state index in [1.54, 1.807) is 5.51 Å². The standard InChI is InChI=1S/C7H12N4OS.BrH/c1-4(2)5(8)6(12)10-7-11-9-3-13-7;/h3-5H,8H2,1-2H3,(H,10,11,12);1H. The molecule has 0 aliphatic carbocycles. The first-order chi connectivity index (χ1) is 6.11. The molecule has 0 radical (unpaired) electrons. The van der Waals surface area contributed by atoms with E-state index < -0.39 is 6.04 Å². The number of nitrogens with one attached hydrogen (secondary N) is 1. The zero-order valence-electron chi connectivity index (χ0n) is 7.93. The summed E-state index contributed by atoms with van der Waals surface area (Å²) in [5.74, 6) is -0.0975. The number of aromatic nitrogens is 2. The second-order valence-electron chi connectivity index (χ2n) is 3.00. The van der Waals surface area contributed by atoms with Gasteiger partial charge in [0.2, 0.25) is 11.0 Å². The Morgan fingerprint density at radius 2 is 2.29 bits per heavy atom. The molecule has 1 unspecified atom stereocenters. The van der Waals surface area contributed by atoms with Crippen molar-refractivity contribution in [2.75, 3.05) is 5.32 Å². The SMILES string of the molecule is Br.CC(C)C(N)C(=O)Nc1nncs1. The van der Waals surface area contributed by atoms with Crippen LogP contribution in [0.5, 0.6) is 0 Å². The maximum Gasteiger partial charge on any atom is 0.243 e. The van der Waals surface area contributed by atoms with Gasteiger partial charge in [0.1, 0.15) is 5.51 Å². The lowest BCUT2D eigenvalue weighted by Gasteiger charge is -2.13. The summed E-state index contributed by atoms with van der Waals surface area (Å²) in [7, 11) is 0. The van der Waals surface area contributed by atoms with Crippen molar-refractivity contribution < 1.29 is 4.79 Å². The van der Waals surface area contributed by atoms with Crippen molar-refractivity contribution in [1.29, 1.82) is 0 Å². The third kappa shape index (κ3) is 3.69. The van der Waals surface area contributed by atoms with Crippen molar-refractivity contribution >= 4 is 39.4 Å². The lowest BCUT2D eigenvalue weighted by molar-refractivity contribution is -0.118. The van der Waals surface area contributed by atoms with Gasteiger partial charge in [-0.25, -0.2) is 0 Å². The normalized spacial score (nSPS) is 12.0. The lowest BCUT2D eigenvalue weighted by Crippen LogP contribution is -2.39. The predicted octanol–water partition coefficient (Wildman–Crippen LogP) is 1.04. The van der Waals surface area contributed by atoms with Crippen molar-refractivity contribution in [1.82, 2.24) is 10.2 Å². The van der Waals surface area contributed by atoms with Crippen LogP contribution in [0.25, 0.3) is 0 Å². The number of amides is 1. The van der Waals surface area contributed by atoms with E-state index in [1.165, 1.54) is 11.3 Å². The Labute approximate surface area is 96.9 Å². The third-order valence-electron chi connectivity index (χ3n) is 1.61. The molecule has 0 aliphatic heterocycles. The molecule has 3 N–H and O–H groups in total. The maximum absolute atomic E-state index is 11.4. The number of halogens is 1. The maximum atomic E-state index is 11.4. The molecule has 0 saturated heterocycles. The van der Waals surface area contributed by atoms with Crippen LogP contribution < -0.4 is 11.1 Å². The minimum Gasteiger partial charge on any atom is -0.320 e. The van der Waals surface area contributed by atoms with Gasteiger partial charge < -0.3 is 5.73 Å². The Morgan fingerprint density at radius 1 is 1.64 bits per heavy atom. The average molecular weight is 281 g/mol. The molecule has 1 atom stereocenters. The average Bonchev–Trinajstić information content (AvgIpc) is 2.55. The molecule has 0 saturated carbocycles. The monoisotopic (exact) mass is 280 g/mol. The highest BCUT2D eigenvalue weighted by Crippen LogP contribution is 2.09. The molecule has 1 aromatic rings. The van der Waals surface area contributed by atoms with E-state index in [0.717, 1.165) is 0 Å². The largest absolute Gasteiger partial charge is 0.320 e. The molecule has 1 rings (SSSR count). The Morgan fingerprint density at radius 3 is 2.71 bits per heavy atom. The summed E-state index contributed by atoms with van der Waals surface area (Å²) in [5, 5.41) is 10.3. The second kappa shape index (κ2) is 6.05. The van der Waals surface area contributed by atoms with Crippen LogP contribution in [-0.2, 0) is 4.79 Å². The highest BCUT2D eigenvalue weighted by molar-refractivity contribution is 8.93. The van der Waals surface area contributed by atoms with Crippen LogP contribution in [0, 0.1) is 5.92 Å². The van der Waals surface area contributed by atoms with Crippen molar-refractivity contribution in [3.05, 3.63) is 5.51 Å². The summed E-state index contributed by atoms with van der Waals surface area (Å²) < 4.78 is 0. The summed E-state index contributed by atoms with van der Waals surface area (Å²) in [6, 6.07) is -0.496. The van der Waals surface area contributed by atoms with Crippen LogP contribution in [0.4, 0.5) is 5.13 Å². The summed E-state index contributed by atoms with van der Waals surface area (Å²) in [5.41, 5.74) is 7.17. The quantitative estimate of drug-likeness (QED) is 0.867. The molecule has 0 fully saturated rings. The van der Waals surface area contributed by atoms with Crippen LogP contribution in [0.1, 0.15) is 13.8 Å². The molecular formula is C7H13BrN4OS. The van der Waals surface area contributed by atoms with Crippen LogP contribution in [0.2, 0.25) is 0 Å². The van der Waals surface area contributed by atoms with Crippen LogP contribution in [-0.4, -0.2) is 22.1 Å². The summed E-state index contributed by atoms with van der Waals surface area (Å²) in [6.07, 6.45) is 0. The van der Waals surface area contributed by atoms with Gasteiger partial charge in [-0.3, -0.25) is 10.1 Å². The molecule has 0 bridgehead atoms. The van der Waals surface area contributed by atoms with E-state index in [-0.39, 0.29) is 28.8 Å².